The maximum atomic E-state index is 13.3. The van der Waals surface area contributed by atoms with E-state index in [0.29, 0.717) is 32.0 Å². The molecule has 12 heteroatoms. The highest BCUT2D eigenvalue weighted by molar-refractivity contribution is 7.95. The lowest BCUT2D eigenvalue weighted by Gasteiger charge is -2.35. The van der Waals surface area contributed by atoms with Crippen LogP contribution in [0.3, 0.4) is 0 Å². The molecule has 2 aliphatic heterocycles. The number of hydrogen-bond acceptors (Lipinski definition) is 5. The summed E-state index contributed by atoms with van der Waals surface area (Å²) in [7, 11) is -4.16. The van der Waals surface area contributed by atoms with Crippen molar-refractivity contribution in [1.82, 2.24) is 24.2 Å². The number of H-pyrrole nitrogens is 1. The van der Waals surface area contributed by atoms with Crippen LogP contribution < -0.4 is 0 Å². The summed E-state index contributed by atoms with van der Waals surface area (Å²) in [6, 6.07) is 5.54. The predicted octanol–water partition coefficient (Wildman–Crippen LogP) is 3.61. The van der Waals surface area contributed by atoms with Crippen LogP contribution in [0.15, 0.2) is 47.6 Å². The molecule has 8 nitrogen and oxygen atoms in total. The van der Waals surface area contributed by atoms with Crippen LogP contribution in [0.2, 0.25) is 0 Å². The number of fused-ring (bicyclic) bond motifs is 1. The lowest BCUT2D eigenvalue weighted by atomic mass is 9.98. The summed E-state index contributed by atoms with van der Waals surface area (Å²) in [5.41, 5.74) is 0.616. The molecule has 1 amide bonds. The minimum atomic E-state index is -4.64. The summed E-state index contributed by atoms with van der Waals surface area (Å²) < 4.78 is 66.6. The molecule has 0 aliphatic carbocycles. The number of likely N-dealkylation sites (tertiary alicyclic amines) is 1. The number of pyridine rings is 1. The first kappa shape index (κ1) is 23.9. The number of nitrogens with zero attached hydrogens (tertiary/aromatic N) is 4. The van der Waals surface area contributed by atoms with E-state index in [4.69, 9.17) is 0 Å². The van der Waals surface area contributed by atoms with Crippen LogP contribution in [0.4, 0.5) is 13.2 Å². The van der Waals surface area contributed by atoms with Gasteiger partial charge in [-0.25, -0.2) is 4.98 Å². The third kappa shape index (κ3) is 4.69. The number of aromatic amines is 1. The molecule has 1 N–H and O–H groups in total. The number of piperidine rings is 1. The average Bonchev–Trinajstić information content (AvgIpc) is 3.50. The molecule has 3 aromatic rings. The lowest BCUT2D eigenvalue weighted by molar-refractivity contribution is -0.137. The summed E-state index contributed by atoms with van der Waals surface area (Å²) in [5, 5.41) is 0. The van der Waals surface area contributed by atoms with Gasteiger partial charge in [-0.3, -0.25) is 9.78 Å². The molecule has 0 bridgehead atoms. The number of sulfonamides is 1. The molecule has 186 valence electrons. The van der Waals surface area contributed by atoms with Gasteiger partial charge in [0, 0.05) is 37.8 Å². The lowest BCUT2D eigenvalue weighted by Crippen LogP contribution is -2.48. The number of nitrogens with one attached hydrogen (secondary N) is 1. The fourth-order valence-electron chi connectivity index (χ4n) is 4.86. The molecule has 0 radical (unpaired) electrons. The number of aromatic nitrogens is 3. The van der Waals surface area contributed by atoms with Crippen molar-refractivity contribution in [3.8, 4) is 0 Å². The summed E-state index contributed by atoms with van der Waals surface area (Å²) in [6.45, 7) is 1.13. The Morgan fingerprint density at radius 1 is 1.17 bits per heavy atom. The number of benzene rings is 1. The largest absolute Gasteiger partial charge is 0.593 e. The van der Waals surface area contributed by atoms with Gasteiger partial charge < -0.3 is 14.4 Å². The fraction of sp³-hybridized carbons (Fsp3) is 0.435. The highest BCUT2D eigenvalue weighted by atomic mass is 32.3. The molecular weight excluding hydrogens is 483 g/mol. The van der Waals surface area contributed by atoms with E-state index in [-0.39, 0.29) is 24.9 Å². The quantitative estimate of drug-likeness (QED) is 0.544. The molecule has 3 atom stereocenters. The van der Waals surface area contributed by atoms with E-state index in [1.807, 2.05) is 6.07 Å². The van der Waals surface area contributed by atoms with Gasteiger partial charge in [0.1, 0.15) is 5.82 Å². The molecule has 2 aromatic heterocycles. The molecule has 0 saturated carbocycles. The van der Waals surface area contributed by atoms with Crippen LogP contribution in [0.5, 0.6) is 0 Å². The summed E-state index contributed by atoms with van der Waals surface area (Å²) in [6.07, 6.45) is 0.449. The molecule has 2 saturated heterocycles. The van der Waals surface area contributed by atoms with Crippen LogP contribution in [-0.2, 0) is 25.6 Å². The first-order valence-corrected chi connectivity index (χ1v) is 12.8. The van der Waals surface area contributed by atoms with Crippen molar-refractivity contribution < 1.29 is 26.7 Å². The zero-order valence-electron chi connectivity index (χ0n) is 18.7. The van der Waals surface area contributed by atoms with E-state index in [9.17, 15) is 26.7 Å². The van der Waals surface area contributed by atoms with Crippen molar-refractivity contribution in [3.63, 3.8) is 0 Å². The molecule has 2 fully saturated rings. The van der Waals surface area contributed by atoms with Gasteiger partial charge in [-0.2, -0.15) is 13.2 Å². The van der Waals surface area contributed by atoms with E-state index >= 15 is 0 Å². The van der Waals surface area contributed by atoms with E-state index in [2.05, 4.69) is 15.0 Å². The molecule has 35 heavy (non-hydrogen) atoms. The smallest absolute Gasteiger partial charge is 0.416 e. The second-order valence-corrected chi connectivity index (χ2v) is 11.0. The van der Waals surface area contributed by atoms with Crippen LogP contribution in [0, 0.1) is 5.92 Å². The predicted molar refractivity (Wildman–Crippen MR) is 121 cm³/mol. The molecular formula is C23H24F3N5O3S. The Bertz CT molecular complexity index is 1260. The van der Waals surface area contributed by atoms with Gasteiger partial charge in [-0.1, -0.05) is 10.3 Å². The van der Waals surface area contributed by atoms with Gasteiger partial charge >= 0.3 is 6.18 Å². The third-order valence-corrected chi connectivity index (χ3v) is 8.58. The Labute approximate surface area is 200 Å². The maximum Gasteiger partial charge on any atom is 0.416 e. The first-order valence-electron chi connectivity index (χ1n) is 11.4. The zero-order chi connectivity index (χ0) is 24.8. The van der Waals surface area contributed by atoms with Crippen molar-refractivity contribution in [2.45, 2.75) is 36.3 Å². The molecule has 4 heterocycles. The van der Waals surface area contributed by atoms with Crippen LogP contribution in [0.1, 0.15) is 36.6 Å². The molecule has 5 rings (SSSR count). The van der Waals surface area contributed by atoms with Gasteiger partial charge in [0.05, 0.1) is 35.3 Å². The topological polar surface area (TPSA) is 105 Å². The molecule has 1 aromatic carbocycles. The number of hydrogen-bond donors (Lipinski definition) is 1. The Hall–Kier alpha value is -2.83. The third-order valence-electron chi connectivity index (χ3n) is 6.72. The number of halogens is 3. The Morgan fingerprint density at radius 2 is 2.00 bits per heavy atom. The number of carbonyl (C=O) groups excluding carboxylic acids is 1. The minimum absolute atomic E-state index is 0.0416. The van der Waals surface area contributed by atoms with Crippen LogP contribution >= 0.6 is 0 Å². The number of rotatable bonds is 4. The molecule has 0 spiro atoms. The second-order valence-electron chi connectivity index (χ2n) is 9.01. The minimum Gasteiger partial charge on any atom is -0.593 e. The van der Waals surface area contributed by atoms with E-state index in [1.54, 1.807) is 17.3 Å². The monoisotopic (exact) mass is 507 g/mol. The summed E-state index contributed by atoms with van der Waals surface area (Å²) in [4.78, 5) is 26.5. The van der Waals surface area contributed by atoms with Crippen molar-refractivity contribution >= 4 is 27.3 Å². The normalized spacial score (nSPS) is 23.5. The van der Waals surface area contributed by atoms with Crippen molar-refractivity contribution in [1.29, 1.82) is 0 Å². The van der Waals surface area contributed by atoms with E-state index in [0.717, 1.165) is 45.8 Å². The van der Waals surface area contributed by atoms with Crippen molar-refractivity contribution in [3.05, 3.63) is 54.1 Å². The first-order chi connectivity index (χ1) is 16.6. The standard InChI is InChI=1S/C23H24F3N5O3S/c24-23(25,26)17-4-1-5-18(11-17)35(33,34)31-9-2-3-16(14-31)22(32)30-10-7-15(13-30)21-28-19-6-8-27-12-20(19)29-21/h1,4-6,8,11-12,15-16H,2-3,7,9-10,13-14H2,(H-,27,28,29,33,34). The number of carbonyl (C=O) groups is 1. The van der Waals surface area contributed by atoms with Crippen molar-refractivity contribution in [2.24, 2.45) is 5.92 Å². The Balaban J connectivity index is 1.27. The maximum absolute atomic E-state index is 13.3. The Morgan fingerprint density at radius 3 is 2.77 bits per heavy atom. The van der Waals surface area contributed by atoms with Gasteiger partial charge in [0.25, 0.3) is 0 Å². The molecule has 2 aliphatic rings. The number of alkyl halides is 3. The van der Waals surface area contributed by atoms with E-state index in [1.165, 1.54) is 0 Å². The van der Waals surface area contributed by atoms with Gasteiger partial charge in [-0.05, 0) is 37.5 Å². The van der Waals surface area contributed by atoms with Crippen molar-refractivity contribution in [2.75, 3.05) is 26.2 Å². The summed E-state index contributed by atoms with van der Waals surface area (Å²) in [5.74, 6) is 0.165. The highest BCUT2D eigenvalue weighted by Gasteiger charge is 2.41. The summed E-state index contributed by atoms with van der Waals surface area (Å²) >= 11 is 0. The van der Waals surface area contributed by atoms with Gasteiger partial charge in [-0.15, -0.1) is 4.31 Å². The SMILES string of the molecule is O=C(C1CCCN([S+](=O)([O-])c2cccc(C(F)(F)F)c2)C1)N1CCC(c2nc3ccncc3[nH]2)C1. The van der Waals surface area contributed by atoms with Crippen LogP contribution in [-0.4, -0.2) is 60.8 Å². The number of imidazole rings is 1. The second kappa shape index (κ2) is 8.99. The zero-order valence-corrected chi connectivity index (χ0v) is 19.5. The molecule has 3 unspecified atom stereocenters. The van der Waals surface area contributed by atoms with Crippen LogP contribution in [0.25, 0.3) is 11.0 Å². The Kier molecular flexibility index (Phi) is 6.14. The van der Waals surface area contributed by atoms with Gasteiger partial charge in [0.15, 0.2) is 15.3 Å². The fourth-order valence-corrected chi connectivity index (χ4v) is 6.43. The average molecular weight is 508 g/mol. The highest BCUT2D eigenvalue weighted by Crippen LogP contribution is 2.35. The number of amides is 1. The van der Waals surface area contributed by atoms with Gasteiger partial charge in [0.2, 0.25) is 5.91 Å². The van der Waals surface area contributed by atoms with E-state index < -0.39 is 33.0 Å².